The van der Waals surface area contributed by atoms with Crippen molar-refractivity contribution < 1.29 is 5.11 Å². The van der Waals surface area contributed by atoms with E-state index in [4.69, 9.17) is 0 Å². The van der Waals surface area contributed by atoms with Crippen molar-refractivity contribution >= 4 is 35.6 Å². The third-order valence-corrected chi connectivity index (χ3v) is 4.35. The smallest absolute Gasteiger partial charge is 0.198 e. The van der Waals surface area contributed by atoms with Gasteiger partial charge in [0.1, 0.15) is 0 Å². The number of halogens is 1. The predicted octanol–water partition coefficient (Wildman–Crippen LogP) is 3.67. The largest absolute Gasteiger partial charge is 0.386 e. The number of aliphatic hydroxyl groups excluding tert-OH is 1. The molecule has 0 aliphatic carbocycles. The number of hydrogen-bond acceptors (Lipinski definition) is 2. The molecule has 0 spiro atoms. The number of aryl methyl sites for hydroxylation is 1. The van der Waals surface area contributed by atoms with Crippen molar-refractivity contribution in [1.82, 2.24) is 5.32 Å². The fourth-order valence-corrected chi connectivity index (χ4v) is 3.02. The standard InChI is InChI=1S/C20H25N3O.HI/c1-3-21-20(23-13-12-16-6-4-5-7-18(16)23)22-14-19(24)17-10-8-15(2)9-11-17;/h4-11,19,24H,3,12-14H2,1-2H3,(H,21,22);1H. The van der Waals surface area contributed by atoms with Gasteiger partial charge in [-0.15, -0.1) is 24.0 Å². The Morgan fingerprint density at radius 3 is 2.64 bits per heavy atom. The fraction of sp³-hybridized carbons (Fsp3) is 0.350. The Morgan fingerprint density at radius 1 is 1.20 bits per heavy atom. The lowest BCUT2D eigenvalue weighted by molar-refractivity contribution is 0.187. The van der Waals surface area contributed by atoms with Gasteiger partial charge in [0.2, 0.25) is 0 Å². The van der Waals surface area contributed by atoms with Crippen LogP contribution in [0.1, 0.15) is 29.7 Å². The number of para-hydroxylation sites is 1. The molecule has 4 nitrogen and oxygen atoms in total. The van der Waals surface area contributed by atoms with E-state index in [2.05, 4.69) is 46.4 Å². The van der Waals surface area contributed by atoms with Crippen molar-refractivity contribution in [3.63, 3.8) is 0 Å². The van der Waals surface area contributed by atoms with E-state index in [9.17, 15) is 5.11 Å². The van der Waals surface area contributed by atoms with Gasteiger partial charge in [-0.05, 0) is 37.5 Å². The highest BCUT2D eigenvalue weighted by Gasteiger charge is 2.22. The van der Waals surface area contributed by atoms with Crippen molar-refractivity contribution in [2.75, 3.05) is 24.5 Å². The first-order valence-electron chi connectivity index (χ1n) is 8.57. The van der Waals surface area contributed by atoms with Gasteiger partial charge in [0, 0.05) is 18.8 Å². The summed E-state index contributed by atoms with van der Waals surface area (Å²) in [7, 11) is 0. The van der Waals surface area contributed by atoms with Crippen LogP contribution in [-0.2, 0) is 6.42 Å². The van der Waals surface area contributed by atoms with Gasteiger partial charge >= 0.3 is 0 Å². The van der Waals surface area contributed by atoms with Crippen LogP contribution in [0, 0.1) is 6.92 Å². The zero-order valence-electron chi connectivity index (χ0n) is 14.8. The summed E-state index contributed by atoms with van der Waals surface area (Å²) in [6.07, 6.45) is 0.443. The van der Waals surface area contributed by atoms with Crippen LogP contribution in [0.3, 0.4) is 0 Å². The molecule has 1 aliphatic heterocycles. The van der Waals surface area contributed by atoms with Crippen LogP contribution in [0.15, 0.2) is 53.5 Å². The van der Waals surface area contributed by atoms with Crippen LogP contribution >= 0.6 is 24.0 Å². The van der Waals surface area contributed by atoms with Crippen LogP contribution in [0.4, 0.5) is 5.69 Å². The van der Waals surface area contributed by atoms with E-state index in [1.54, 1.807) is 0 Å². The molecule has 25 heavy (non-hydrogen) atoms. The Bertz CT molecular complexity index is 715. The Morgan fingerprint density at radius 2 is 1.92 bits per heavy atom. The summed E-state index contributed by atoms with van der Waals surface area (Å²) in [6, 6.07) is 16.4. The quantitative estimate of drug-likeness (QED) is 0.424. The summed E-state index contributed by atoms with van der Waals surface area (Å²) in [5, 5.41) is 13.8. The SMILES string of the molecule is CCNC(=NCC(O)c1ccc(C)cc1)N1CCc2ccccc21.I. The van der Waals surface area contributed by atoms with Crippen molar-refractivity contribution in [2.45, 2.75) is 26.4 Å². The van der Waals surface area contributed by atoms with Crippen molar-refractivity contribution in [1.29, 1.82) is 0 Å². The molecule has 134 valence electrons. The van der Waals surface area contributed by atoms with E-state index in [-0.39, 0.29) is 24.0 Å². The highest BCUT2D eigenvalue weighted by atomic mass is 127. The summed E-state index contributed by atoms with van der Waals surface area (Å²) < 4.78 is 0. The van der Waals surface area contributed by atoms with E-state index in [0.717, 1.165) is 31.0 Å². The molecular weight excluding hydrogens is 425 g/mol. The number of guanidine groups is 1. The lowest BCUT2D eigenvalue weighted by Gasteiger charge is -2.22. The maximum atomic E-state index is 10.4. The first kappa shape index (κ1) is 19.7. The second-order valence-electron chi connectivity index (χ2n) is 6.15. The van der Waals surface area contributed by atoms with Crippen LogP contribution in [0.25, 0.3) is 0 Å². The molecule has 5 heteroatoms. The monoisotopic (exact) mass is 451 g/mol. The molecule has 2 aromatic carbocycles. The number of rotatable bonds is 4. The molecule has 2 N–H and O–H groups in total. The number of fused-ring (bicyclic) bond motifs is 1. The molecule has 2 aromatic rings. The number of aliphatic imine (C=N–C) groups is 1. The molecule has 0 bridgehead atoms. The van der Waals surface area contributed by atoms with E-state index >= 15 is 0 Å². The molecule has 0 amide bonds. The van der Waals surface area contributed by atoms with Crippen molar-refractivity contribution in [3.8, 4) is 0 Å². The lowest BCUT2D eigenvalue weighted by Crippen LogP contribution is -2.40. The van der Waals surface area contributed by atoms with Gasteiger partial charge < -0.3 is 15.3 Å². The van der Waals surface area contributed by atoms with Gasteiger partial charge in [-0.25, -0.2) is 4.99 Å². The van der Waals surface area contributed by atoms with Gasteiger partial charge in [0.25, 0.3) is 0 Å². The molecule has 1 atom stereocenters. The Balaban J connectivity index is 0.00000225. The highest BCUT2D eigenvalue weighted by Crippen LogP contribution is 2.27. The summed E-state index contributed by atoms with van der Waals surface area (Å²) in [6.45, 7) is 6.18. The number of benzene rings is 2. The third-order valence-electron chi connectivity index (χ3n) is 4.35. The minimum Gasteiger partial charge on any atom is -0.386 e. The zero-order valence-corrected chi connectivity index (χ0v) is 17.1. The average molecular weight is 451 g/mol. The normalized spacial score (nSPS) is 14.7. The molecule has 1 heterocycles. The third kappa shape index (κ3) is 4.73. The molecule has 0 fully saturated rings. The summed E-state index contributed by atoms with van der Waals surface area (Å²) in [4.78, 5) is 6.88. The Hall–Kier alpha value is -1.60. The number of anilines is 1. The molecule has 0 saturated heterocycles. The minimum absolute atomic E-state index is 0. The first-order valence-corrected chi connectivity index (χ1v) is 8.57. The fourth-order valence-electron chi connectivity index (χ4n) is 3.02. The van der Waals surface area contributed by atoms with Gasteiger partial charge in [-0.1, -0.05) is 48.0 Å². The predicted molar refractivity (Wildman–Crippen MR) is 115 cm³/mol. The summed E-state index contributed by atoms with van der Waals surface area (Å²) >= 11 is 0. The molecule has 0 aromatic heterocycles. The van der Waals surface area contributed by atoms with Crippen LogP contribution in [-0.4, -0.2) is 30.7 Å². The van der Waals surface area contributed by atoms with Gasteiger partial charge in [-0.3, -0.25) is 0 Å². The van der Waals surface area contributed by atoms with Gasteiger partial charge in [0.15, 0.2) is 5.96 Å². The Kier molecular flexibility index (Phi) is 7.25. The number of nitrogens with one attached hydrogen (secondary N) is 1. The lowest BCUT2D eigenvalue weighted by atomic mass is 10.1. The average Bonchev–Trinajstić information content (AvgIpc) is 3.03. The molecule has 0 saturated carbocycles. The van der Waals surface area contributed by atoms with Crippen LogP contribution in [0.2, 0.25) is 0 Å². The van der Waals surface area contributed by atoms with Crippen molar-refractivity contribution in [2.24, 2.45) is 4.99 Å². The first-order chi connectivity index (χ1) is 11.7. The Labute approximate surface area is 167 Å². The van der Waals surface area contributed by atoms with Crippen molar-refractivity contribution in [3.05, 3.63) is 65.2 Å². The maximum absolute atomic E-state index is 10.4. The van der Waals surface area contributed by atoms with E-state index in [0.29, 0.717) is 6.54 Å². The molecule has 0 radical (unpaired) electrons. The molecular formula is C20H26IN3O. The topological polar surface area (TPSA) is 47.9 Å². The van der Waals surface area contributed by atoms with E-state index < -0.39 is 6.10 Å². The number of aliphatic hydroxyl groups is 1. The molecule has 3 rings (SSSR count). The second-order valence-corrected chi connectivity index (χ2v) is 6.15. The zero-order chi connectivity index (χ0) is 16.9. The number of nitrogens with zero attached hydrogens (tertiary/aromatic N) is 2. The summed E-state index contributed by atoms with van der Waals surface area (Å²) in [5.74, 6) is 0.841. The summed E-state index contributed by atoms with van der Waals surface area (Å²) in [5.41, 5.74) is 4.66. The van der Waals surface area contributed by atoms with Crippen LogP contribution < -0.4 is 10.2 Å². The number of hydrogen-bond donors (Lipinski definition) is 2. The molecule has 1 unspecified atom stereocenters. The van der Waals surface area contributed by atoms with Gasteiger partial charge in [-0.2, -0.15) is 0 Å². The highest BCUT2D eigenvalue weighted by molar-refractivity contribution is 14.0. The van der Waals surface area contributed by atoms with Gasteiger partial charge in [0.05, 0.1) is 12.6 Å². The maximum Gasteiger partial charge on any atom is 0.198 e. The second kappa shape index (κ2) is 9.20. The van der Waals surface area contributed by atoms with E-state index in [1.807, 2.05) is 31.2 Å². The van der Waals surface area contributed by atoms with E-state index in [1.165, 1.54) is 16.8 Å². The minimum atomic E-state index is -0.586. The van der Waals surface area contributed by atoms with Crippen LogP contribution in [0.5, 0.6) is 0 Å². The molecule has 1 aliphatic rings.